The van der Waals surface area contributed by atoms with Gasteiger partial charge < -0.3 is 29.4 Å². The molecule has 1 aliphatic rings. The zero-order valence-corrected chi connectivity index (χ0v) is 21.1. The molecule has 1 fully saturated rings. The smallest absolute Gasteiger partial charge is 0.254 e. The summed E-state index contributed by atoms with van der Waals surface area (Å²) in [4.78, 5) is 30.0. The normalized spacial score (nSPS) is 16.7. The molecule has 0 spiro atoms. The summed E-state index contributed by atoms with van der Waals surface area (Å²) in [5.41, 5.74) is 1.08. The van der Waals surface area contributed by atoms with Gasteiger partial charge in [0.25, 0.3) is 5.91 Å². The summed E-state index contributed by atoms with van der Waals surface area (Å²) >= 11 is 0. The summed E-state index contributed by atoms with van der Waals surface area (Å²) < 4.78 is 39.1. The maximum atomic E-state index is 13.7. The predicted molar refractivity (Wildman–Crippen MR) is 136 cm³/mol. The van der Waals surface area contributed by atoms with Gasteiger partial charge >= 0.3 is 0 Å². The maximum absolute atomic E-state index is 13.7. The Labute approximate surface area is 213 Å². The molecule has 1 saturated heterocycles. The molecule has 198 valence electrons. The zero-order valence-electron chi connectivity index (χ0n) is 21.1. The highest BCUT2D eigenvalue weighted by Crippen LogP contribution is 2.30. The molecule has 2 aromatic carbocycles. The number of morpholine rings is 1. The number of likely N-dealkylation sites (N-methyl/N-ethyl adjacent to an activating group) is 1. The second kappa shape index (κ2) is 11.4. The highest BCUT2D eigenvalue weighted by molar-refractivity contribution is 6.00. The van der Waals surface area contributed by atoms with E-state index in [-0.39, 0.29) is 48.1 Å². The number of aliphatic hydroxyl groups excluding tert-OH is 1. The molecule has 8 nitrogen and oxygen atoms in total. The van der Waals surface area contributed by atoms with E-state index in [4.69, 9.17) is 9.15 Å². The molecule has 2 N–H and O–H groups in total. The standard InChI is InChI=1S/C27H31F2N3O5/c1-16-15-32(7-9-36-16)24-13-22(34)26-23(37-24)5-4-21(27(35)31(3)6-8-33)25(26)17(2)30-14-18-10-19(28)12-20(29)11-18/h4-5,10-13,16-17,30,33H,6-9,14-15H2,1-3H3/t16-,17-/m1/s1. The lowest BCUT2D eigenvalue weighted by Gasteiger charge is -2.31. The number of halogens is 2. The Kier molecular flexibility index (Phi) is 8.21. The Balaban J connectivity index is 1.77. The molecule has 4 rings (SSSR count). The minimum Gasteiger partial charge on any atom is -0.440 e. The van der Waals surface area contributed by atoms with Crippen molar-refractivity contribution < 1.29 is 27.8 Å². The topological polar surface area (TPSA) is 95.3 Å². The van der Waals surface area contributed by atoms with E-state index in [1.54, 1.807) is 26.1 Å². The van der Waals surface area contributed by atoms with E-state index < -0.39 is 17.7 Å². The van der Waals surface area contributed by atoms with Gasteiger partial charge in [0.15, 0.2) is 11.3 Å². The molecule has 0 saturated carbocycles. The Morgan fingerprint density at radius 3 is 2.65 bits per heavy atom. The number of benzene rings is 2. The van der Waals surface area contributed by atoms with Crippen LogP contribution in [0.15, 0.2) is 45.6 Å². The summed E-state index contributed by atoms with van der Waals surface area (Å²) in [5, 5.41) is 12.7. The molecule has 3 aromatic rings. The molecule has 1 amide bonds. The molecule has 1 aromatic heterocycles. The summed E-state index contributed by atoms with van der Waals surface area (Å²) in [6.07, 6.45) is -0.00995. The van der Waals surface area contributed by atoms with Gasteiger partial charge in [-0.2, -0.15) is 0 Å². The number of rotatable bonds is 8. The quantitative estimate of drug-likeness (QED) is 0.476. The number of amides is 1. The molecule has 0 aliphatic carbocycles. The minimum atomic E-state index is -0.693. The largest absolute Gasteiger partial charge is 0.440 e. The van der Waals surface area contributed by atoms with Crippen molar-refractivity contribution in [2.24, 2.45) is 0 Å². The third-order valence-electron chi connectivity index (χ3n) is 6.46. The van der Waals surface area contributed by atoms with E-state index in [1.807, 2.05) is 11.8 Å². The van der Waals surface area contributed by atoms with Gasteiger partial charge in [0, 0.05) is 57.0 Å². The monoisotopic (exact) mass is 515 g/mol. The third kappa shape index (κ3) is 5.98. The van der Waals surface area contributed by atoms with Crippen molar-refractivity contribution in [2.75, 3.05) is 44.8 Å². The van der Waals surface area contributed by atoms with Gasteiger partial charge in [-0.25, -0.2) is 8.78 Å². The van der Waals surface area contributed by atoms with Crippen LogP contribution in [0.3, 0.4) is 0 Å². The van der Waals surface area contributed by atoms with Crippen LogP contribution in [0.5, 0.6) is 0 Å². The van der Waals surface area contributed by atoms with Crippen LogP contribution in [0, 0.1) is 11.6 Å². The molecule has 0 bridgehead atoms. The van der Waals surface area contributed by atoms with Crippen molar-refractivity contribution in [1.29, 1.82) is 0 Å². The first-order valence-corrected chi connectivity index (χ1v) is 12.2. The van der Waals surface area contributed by atoms with Crippen molar-refractivity contribution in [3.8, 4) is 0 Å². The lowest BCUT2D eigenvalue weighted by atomic mass is 9.95. The first kappa shape index (κ1) is 26.7. The molecular weight excluding hydrogens is 484 g/mol. The molecule has 37 heavy (non-hydrogen) atoms. The van der Waals surface area contributed by atoms with E-state index in [0.717, 1.165) is 6.07 Å². The molecular formula is C27H31F2N3O5. The van der Waals surface area contributed by atoms with Crippen LogP contribution < -0.4 is 15.6 Å². The van der Waals surface area contributed by atoms with Crippen LogP contribution in [-0.2, 0) is 11.3 Å². The second-order valence-electron chi connectivity index (χ2n) is 9.31. The molecule has 0 radical (unpaired) electrons. The number of carbonyl (C=O) groups is 1. The number of nitrogens with zero attached hydrogens (tertiary/aromatic N) is 2. The SMILES string of the molecule is C[C@@H]1CN(c2cc(=O)c3c([C@@H](C)NCc4cc(F)cc(F)c4)c(C(=O)N(C)CCO)ccc3o2)CCO1. The van der Waals surface area contributed by atoms with Crippen LogP contribution in [0.1, 0.15) is 41.4 Å². The number of anilines is 1. The molecule has 2 heterocycles. The average Bonchev–Trinajstić information content (AvgIpc) is 2.85. The molecule has 2 atom stereocenters. The summed E-state index contributed by atoms with van der Waals surface area (Å²) in [6.45, 7) is 5.38. The van der Waals surface area contributed by atoms with Crippen molar-refractivity contribution in [2.45, 2.75) is 32.5 Å². The first-order valence-electron chi connectivity index (χ1n) is 12.2. The van der Waals surface area contributed by atoms with E-state index in [0.29, 0.717) is 42.3 Å². The highest BCUT2D eigenvalue weighted by Gasteiger charge is 2.26. The Bertz CT molecular complexity index is 1330. The van der Waals surface area contributed by atoms with E-state index in [9.17, 15) is 23.5 Å². The van der Waals surface area contributed by atoms with Crippen LogP contribution >= 0.6 is 0 Å². The van der Waals surface area contributed by atoms with Gasteiger partial charge in [0.1, 0.15) is 17.2 Å². The molecule has 10 heteroatoms. The number of ether oxygens (including phenoxy) is 1. The minimum absolute atomic E-state index is 0.00995. The lowest BCUT2D eigenvalue weighted by molar-refractivity contribution is 0.0517. The first-order chi connectivity index (χ1) is 17.7. The fourth-order valence-corrected chi connectivity index (χ4v) is 4.62. The summed E-state index contributed by atoms with van der Waals surface area (Å²) in [6, 6.07) is 7.29. The predicted octanol–water partition coefficient (Wildman–Crippen LogP) is 3.21. The van der Waals surface area contributed by atoms with Gasteiger partial charge in [0.05, 0.1) is 24.7 Å². The van der Waals surface area contributed by atoms with Gasteiger partial charge in [-0.3, -0.25) is 9.59 Å². The van der Waals surface area contributed by atoms with Crippen LogP contribution in [0.25, 0.3) is 11.0 Å². The van der Waals surface area contributed by atoms with E-state index in [1.165, 1.54) is 23.1 Å². The fourth-order valence-electron chi connectivity index (χ4n) is 4.62. The number of fused-ring (bicyclic) bond motifs is 1. The lowest BCUT2D eigenvalue weighted by Crippen LogP contribution is -2.41. The Hall–Kier alpha value is -3.34. The molecule has 0 unspecified atom stereocenters. The van der Waals surface area contributed by atoms with Crippen molar-refractivity contribution >= 4 is 22.8 Å². The van der Waals surface area contributed by atoms with Crippen molar-refractivity contribution in [3.63, 3.8) is 0 Å². The molecule has 1 aliphatic heterocycles. The van der Waals surface area contributed by atoms with Gasteiger partial charge in [-0.15, -0.1) is 0 Å². The number of hydrogen-bond donors (Lipinski definition) is 2. The number of hydrogen-bond acceptors (Lipinski definition) is 7. The van der Waals surface area contributed by atoms with Crippen molar-refractivity contribution in [1.82, 2.24) is 10.2 Å². The number of carbonyl (C=O) groups excluding carboxylic acids is 1. The van der Waals surface area contributed by atoms with Gasteiger partial charge in [-0.05, 0) is 49.2 Å². The van der Waals surface area contributed by atoms with E-state index in [2.05, 4.69) is 5.32 Å². The van der Waals surface area contributed by atoms with E-state index >= 15 is 0 Å². The van der Waals surface area contributed by atoms with Crippen LogP contribution in [0.2, 0.25) is 0 Å². The van der Waals surface area contributed by atoms with Crippen LogP contribution in [-0.4, -0.2) is 61.9 Å². The van der Waals surface area contributed by atoms with Gasteiger partial charge in [-0.1, -0.05) is 0 Å². The number of nitrogens with one attached hydrogen (secondary N) is 1. The van der Waals surface area contributed by atoms with Crippen molar-refractivity contribution in [3.05, 3.63) is 74.9 Å². The fraction of sp³-hybridized carbons (Fsp3) is 0.407. The Morgan fingerprint density at radius 2 is 1.97 bits per heavy atom. The second-order valence-corrected chi connectivity index (χ2v) is 9.31. The third-order valence-corrected chi connectivity index (χ3v) is 6.46. The summed E-state index contributed by atoms with van der Waals surface area (Å²) in [7, 11) is 1.56. The number of aliphatic hydroxyl groups is 1. The zero-order chi connectivity index (χ0) is 26.7. The highest BCUT2D eigenvalue weighted by atomic mass is 19.1. The summed E-state index contributed by atoms with van der Waals surface area (Å²) in [5.74, 6) is -1.34. The maximum Gasteiger partial charge on any atom is 0.254 e. The van der Waals surface area contributed by atoms with Gasteiger partial charge in [0.2, 0.25) is 0 Å². The Morgan fingerprint density at radius 1 is 1.24 bits per heavy atom. The van der Waals surface area contributed by atoms with Crippen LogP contribution in [0.4, 0.5) is 14.7 Å². The average molecular weight is 516 g/mol.